The number of benzene rings is 2. The first-order valence-electron chi connectivity index (χ1n) is 9.49. The van der Waals surface area contributed by atoms with Gasteiger partial charge in [0.25, 0.3) is 5.91 Å². The molecule has 0 unspecified atom stereocenters. The molecule has 0 spiro atoms. The second-order valence-electron chi connectivity index (χ2n) is 6.80. The molecule has 2 aromatic carbocycles. The van der Waals surface area contributed by atoms with Gasteiger partial charge in [0.2, 0.25) is 0 Å². The van der Waals surface area contributed by atoms with E-state index in [0.29, 0.717) is 5.56 Å². The number of rotatable bonds is 6. The van der Waals surface area contributed by atoms with Gasteiger partial charge >= 0.3 is 0 Å². The first-order valence-corrected chi connectivity index (χ1v) is 10.3. The lowest BCUT2D eigenvalue weighted by atomic mass is 10.2. The Morgan fingerprint density at radius 2 is 1.89 bits per heavy atom. The van der Waals surface area contributed by atoms with Crippen molar-refractivity contribution in [2.75, 3.05) is 0 Å². The monoisotopic (exact) mass is 382 g/mol. The second kappa shape index (κ2) is 8.53. The Hall–Kier alpha value is -2.40. The van der Waals surface area contributed by atoms with Crippen LogP contribution in [-0.2, 0) is 13.0 Å². The summed E-state index contributed by atoms with van der Waals surface area (Å²) in [6.07, 6.45) is 2.10. The van der Waals surface area contributed by atoms with E-state index < -0.39 is 0 Å². The third-order valence-corrected chi connectivity index (χ3v) is 5.31. The van der Waals surface area contributed by atoms with E-state index in [1.165, 1.54) is 10.3 Å². The zero-order chi connectivity index (χ0) is 19.4. The fourth-order valence-corrected chi connectivity index (χ4v) is 4.08. The lowest BCUT2D eigenvalue weighted by Crippen LogP contribution is -2.16. The van der Waals surface area contributed by atoms with Crippen LogP contribution in [0.15, 0.2) is 47.5 Å². The van der Waals surface area contributed by atoms with Gasteiger partial charge in [0.1, 0.15) is 5.75 Å². The molecule has 0 bridgehead atoms. The quantitative estimate of drug-likeness (QED) is 0.588. The van der Waals surface area contributed by atoms with Crippen molar-refractivity contribution in [1.82, 2.24) is 4.57 Å². The average molecular weight is 383 g/mol. The third-order valence-electron chi connectivity index (χ3n) is 4.27. The number of thiazole rings is 1. The van der Waals surface area contributed by atoms with Gasteiger partial charge in [0.15, 0.2) is 4.80 Å². The summed E-state index contributed by atoms with van der Waals surface area (Å²) in [6.45, 7) is 9.09. The Kier molecular flexibility index (Phi) is 6.11. The topological polar surface area (TPSA) is 43.6 Å². The molecule has 0 aliphatic rings. The van der Waals surface area contributed by atoms with Gasteiger partial charge in [-0.25, -0.2) is 0 Å². The molecule has 1 heterocycles. The molecule has 0 aliphatic heterocycles. The summed E-state index contributed by atoms with van der Waals surface area (Å²) in [4.78, 5) is 17.9. The largest absolute Gasteiger partial charge is 0.491 e. The number of aromatic nitrogens is 1. The zero-order valence-electron chi connectivity index (χ0n) is 16.4. The van der Waals surface area contributed by atoms with Crippen LogP contribution in [0.2, 0.25) is 0 Å². The fraction of sp³-hybridized carbons (Fsp3) is 0.364. The Morgan fingerprint density at radius 1 is 1.15 bits per heavy atom. The van der Waals surface area contributed by atoms with E-state index in [1.54, 1.807) is 23.5 Å². The van der Waals surface area contributed by atoms with Crippen LogP contribution in [0.5, 0.6) is 5.75 Å². The minimum Gasteiger partial charge on any atom is -0.491 e. The number of hydrogen-bond acceptors (Lipinski definition) is 3. The van der Waals surface area contributed by atoms with E-state index in [0.717, 1.165) is 35.5 Å². The molecule has 0 radical (unpaired) electrons. The summed E-state index contributed by atoms with van der Waals surface area (Å²) < 4.78 is 8.96. The number of aryl methyl sites for hydroxylation is 2. The smallest absolute Gasteiger partial charge is 0.279 e. The number of nitrogens with zero attached hydrogens (tertiary/aromatic N) is 2. The number of ether oxygens (including phenoxy) is 1. The van der Waals surface area contributed by atoms with Gasteiger partial charge in [0, 0.05) is 12.1 Å². The van der Waals surface area contributed by atoms with Crippen LogP contribution in [0.3, 0.4) is 0 Å². The van der Waals surface area contributed by atoms with Crippen LogP contribution in [0.1, 0.15) is 50.0 Å². The van der Waals surface area contributed by atoms with Gasteiger partial charge in [-0.15, -0.1) is 0 Å². The maximum Gasteiger partial charge on any atom is 0.279 e. The number of amides is 1. The van der Waals surface area contributed by atoms with Crippen LogP contribution in [0.4, 0.5) is 0 Å². The van der Waals surface area contributed by atoms with Crippen molar-refractivity contribution in [3.8, 4) is 5.75 Å². The summed E-state index contributed by atoms with van der Waals surface area (Å²) in [5.74, 6) is 0.537. The highest BCUT2D eigenvalue weighted by molar-refractivity contribution is 7.16. The van der Waals surface area contributed by atoms with E-state index in [1.807, 2.05) is 26.0 Å². The van der Waals surface area contributed by atoms with E-state index in [4.69, 9.17) is 4.74 Å². The first kappa shape index (κ1) is 19.4. The molecule has 0 saturated heterocycles. The van der Waals surface area contributed by atoms with Crippen molar-refractivity contribution in [2.24, 2.45) is 4.99 Å². The van der Waals surface area contributed by atoms with Crippen LogP contribution in [-0.4, -0.2) is 16.6 Å². The molecule has 0 N–H and O–H groups in total. The van der Waals surface area contributed by atoms with Crippen molar-refractivity contribution in [3.63, 3.8) is 0 Å². The second-order valence-corrected chi connectivity index (χ2v) is 7.81. The van der Waals surface area contributed by atoms with Crippen molar-refractivity contribution >= 4 is 27.5 Å². The summed E-state index contributed by atoms with van der Waals surface area (Å²) in [7, 11) is 0. The number of fused-ring (bicyclic) bond motifs is 1. The van der Waals surface area contributed by atoms with Gasteiger partial charge in [-0.1, -0.05) is 31.3 Å². The SMILES string of the molecule is CCCn1c(=NC(=O)c2ccc(OC(C)C)cc2)sc2cc(CC)ccc21. The predicted molar refractivity (Wildman–Crippen MR) is 112 cm³/mol. The molecule has 0 aliphatic carbocycles. The van der Waals surface area contributed by atoms with Crippen LogP contribution in [0.25, 0.3) is 10.2 Å². The number of carbonyl (C=O) groups excluding carboxylic acids is 1. The third kappa shape index (κ3) is 4.48. The molecule has 3 aromatic rings. The van der Waals surface area contributed by atoms with E-state index in [-0.39, 0.29) is 12.0 Å². The number of hydrogen-bond donors (Lipinski definition) is 0. The van der Waals surface area contributed by atoms with Gasteiger partial charge in [0.05, 0.1) is 16.3 Å². The minimum atomic E-state index is -0.224. The van der Waals surface area contributed by atoms with Crippen LogP contribution < -0.4 is 9.54 Å². The molecular weight excluding hydrogens is 356 g/mol. The maximum atomic E-state index is 12.7. The highest BCUT2D eigenvalue weighted by Gasteiger charge is 2.10. The average Bonchev–Trinajstić information content (AvgIpc) is 2.98. The Morgan fingerprint density at radius 3 is 2.52 bits per heavy atom. The maximum absolute atomic E-state index is 12.7. The molecule has 4 nitrogen and oxygen atoms in total. The first-order chi connectivity index (χ1) is 13.0. The lowest BCUT2D eigenvalue weighted by molar-refractivity contribution is 0.0998. The van der Waals surface area contributed by atoms with E-state index >= 15 is 0 Å². The molecular formula is C22H26N2O2S. The van der Waals surface area contributed by atoms with Gasteiger partial charge < -0.3 is 9.30 Å². The Labute approximate surface area is 164 Å². The highest BCUT2D eigenvalue weighted by Crippen LogP contribution is 2.20. The predicted octanol–water partition coefficient (Wildman–Crippen LogP) is 5.20. The minimum absolute atomic E-state index is 0.107. The summed E-state index contributed by atoms with van der Waals surface area (Å²) in [5.41, 5.74) is 3.01. The molecule has 1 amide bonds. The van der Waals surface area contributed by atoms with Gasteiger partial charge in [-0.05, 0) is 68.7 Å². The molecule has 5 heteroatoms. The normalized spacial score (nSPS) is 12.1. The zero-order valence-corrected chi connectivity index (χ0v) is 17.2. The summed E-state index contributed by atoms with van der Waals surface area (Å²) in [5, 5.41) is 0. The highest BCUT2D eigenvalue weighted by atomic mass is 32.1. The molecule has 1 aromatic heterocycles. The van der Waals surface area contributed by atoms with Gasteiger partial charge in [-0.3, -0.25) is 4.79 Å². The molecule has 27 heavy (non-hydrogen) atoms. The van der Waals surface area contributed by atoms with Crippen molar-refractivity contribution in [3.05, 3.63) is 58.4 Å². The van der Waals surface area contributed by atoms with Crippen LogP contribution >= 0.6 is 11.3 Å². The standard InChI is InChI=1S/C22H26N2O2S/c1-5-13-24-19-12-7-16(6-2)14-20(19)27-22(24)23-21(25)17-8-10-18(11-9-17)26-15(3)4/h7-12,14-15H,5-6,13H2,1-4H3. The van der Waals surface area contributed by atoms with Crippen LogP contribution in [0, 0.1) is 0 Å². The number of carbonyl (C=O) groups is 1. The molecule has 3 rings (SSSR count). The molecule has 0 atom stereocenters. The fourth-order valence-electron chi connectivity index (χ4n) is 2.96. The van der Waals surface area contributed by atoms with Crippen molar-refractivity contribution in [2.45, 2.75) is 53.2 Å². The summed E-state index contributed by atoms with van der Waals surface area (Å²) >= 11 is 1.58. The lowest BCUT2D eigenvalue weighted by Gasteiger charge is -2.09. The molecule has 142 valence electrons. The summed E-state index contributed by atoms with van der Waals surface area (Å²) in [6, 6.07) is 13.7. The van der Waals surface area contributed by atoms with Crippen molar-refractivity contribution < 1.29 is 9.53 Å². The van der Waals surface area contributed by atoms with Gasteiger partial charge in [-0.2, -0.15) is 4.99 Å². The van der Waals surface area contributed by atoms with Crippen molar-refractivity contribution in [1.29, 1.82) is 0 Å². The Bertz CT molecular complexity index is 997. The van der Waals surface area contributed by atoms with E-state index in [2.05, 4.69) is 41.6 Å². The van der Waals surface area contributed by atoms with E-state index in [9.17, 15) is 4.79 Å². The molecule has 0 fully saturated rings. The molecule has 0 saturated carbocycles. The Balaban J connectivity index is 1.98.